The Hall–Kier alpha value is -1.55. The minimum atomic E-state index is -0.683. The van der Waals surface area contributed by atoms with Crippen molar-refractivity contribution < 1.29 is 14.6 Å². The van der Waals surface area contributed by atoms with Crippen LogP contribution in [-0.2, 0) is 11.2 Å². The molecule has 1 aromatic rings. The summed E-state index contributed by atoms with van der Waals surface area (Å²) >= 11 is 0. The Morgan fingerprint density at radius 2 is 2.21 bits per heavy atom. The van der Waals surface area contributed by atoms with Crippen LogP contribution in [0.4, 0.5) is 0 Å². The van der Waals surface area contributed by atoms with Crippen molar-refractivity contribution >= 4 is 5.91 Å². The third kappa shape index (κ3) is 3.26. The molecule has 0 saturated carbocycles. The number of amides is 1. The third-order valence-electron chi connectivity index (χ3n) is 3.24. The van der Waals surface area contributed by atoms with Gasteiger partial charge in [-0.3, -0.25) is 4.79 Å². The van der Waals surface area contributed by atoms with E-state index >= 15 is 0 Å². The highest BCUT2D eigenvalue weighted by Crippen LogP contribution is 2.28. The van der Waals surface area contributed by atoms with Crippen LogP contribution in [0.1, 0.15) is 38.0 Å². The quantitative estimate of drug-likeness (QED) is 0.874. The van der Waals surface area contributed by atoms with E-state index in [9.17, 15) is 9.90 Å². The van der Waals surface area contributed by atoms with Gasteiger partial charge in [0, 0.05) is 18.4 Å². The molecule has 104 valence electrons. The standard InChI is InChI=1S/C15H21NO3/c1-15(2,3)14(18)16-9-12(17)10-4-5-13-11(8-10)6-7-19-13/h4-5,8,12,17H,6-7,9H2,1-3H3,(H,16,18)/t12-/m0/s1. The Balaban J connectivity index is 1.97. The van der Waals surface area contributed by atoms with E-state index in [-0.39, 0.29) is 12.5 Å². The molecule has 4 nitrogen and oxygen atoms in total. The fraction of sp³-hybridized carbons (Fsp3) is 0.533. The molecule has 0 radical (unpaired) electrons. The van der Waals surface area contributed by atoms with Crippen molar-refractivity contribution in [2.45, 2.75) is 33.3 Å². The highest BCUT2D eigenvalue weighted by Gasteiger charge is 2.22. The number of hydrogen-bond acceptors (Lipinski definition) is 3. The zero-order valence-electron chi connectivity index (χ0n) is 11.7. The van der Waals surface area contributed by atoms with Gasteiger partial charge in [-0.2, -0.15) is 0 Å². The number of carbonyl (C=O) groups excluding carboxylic acids is 1. The van der Waals surface area contributed by atoms with Crippen molar-refractivity contribution in [2.75, 3.05) is 13.2 Å². The van der Waals surface area contributed by atoms with Crippen molar-refractivity contribution in [2.24, 2.45) is 5.41 Å². The van der Waals surface area contributed by atoms with Gasteiger partial charge in [-0.15, -0.1) is 0 Å². The Morgan fingerprint density at radius 3 is 2.89 bits per heavy atom. The van der Waals surface area contributed by atoms with E-state index in [1.54, 1.807) is 0 Å². The molecule has 0 aromatic heterocycles. The van der Waals surface area contributed by atoms with Gasteiger partial charge in [-0.05, 0) is 23.3 Å². The Morgan fingerprint density at radius 1 is 1.47 bits per heavy atom. The van der Waals surface area contributed by atoms with Gasteiger partial charge in [0.05, 0.1) is 12.7 Å². The van der Waals surface area contributed by atoms with Gasteiger partial charge >= 0.3 is 0 Å². The van der Waals surface area contributed by atoms with E-state index in [0.717, 1.165) is 23.3 Å². The zero-order chi connectivity index (χ0) is 14.0. The number of aliphatic hydroxyl groups is 1. The lowest BCUT2D eigenvalue weighted by Gasteiger charge is -2.20. The highest BCUT2D eigenvalue weighted by molar-refractivity contribution is 5.81. The lowest BCUT2D eigenvalue weighted by Crippen LogP contribution is -2.37. The maximum absolute atomic E-state index is 11.7. The molecule has 0 bridgehead atoms. The van der Waals surface area contributed by atoms with Crippen LogP contribution in [0.25, 0.3) is 0 Å². The first-order valence-electron chi connectivity index (χ1n) is 6.60. The topological polar surface area (TPSA) is 58.6 Å². The Labute approximate surface area is 113 Å². The lowest BCUT2D eigenvalue weighted by atomic mass is 9.95. The first kappa shape index (κ1) is 13.9. The molecule has 0 aliphatic carbocycles. The second-order valence-corrected chi connectivity index (χ2v) is 5.94. The number of carbonyl (C=O) groups is 1. The summed E-state index contributed by atoms with van der Waals surface area (Å²) < 4.78 is 5.42. The van der Waals surface area contributed by atoms with Crippen LogP contribution >= 0.6 is 0 Å². The average Bonchev–Trinajstić information content (AvgIpc) is 2.81. The van der Waals surface area contributed by atoms with Crippen molar-refractivity contribution in [1.29, 1.82) is 0 Å². The monoisotopic (exact) mass is 263 g/mol. The van der Waals surface area contributed by atoms with Gasteiger partial charge in [0.1, 0.15) is 5.75 Å². The highest BCUT2D eigenvalue weighted by atomic mass is 16.5. The average molecular weight is 263 g/mol. The number of hydrogen-bond donors (Lipinski definition) is 2. The van der Waals surface area contributed by atoms with Crippen molar-refractivity contribution in [3.63, 3.8) is 0 Å². The molecule has 1 atom stereocenters. The Bertz CT molecular complexity index is 477. The number of benzene rings is 1. The fourth-order valence-electron chi connectivity index (χ4n) is 1.99. The van der Waals surface area contributed by atoms with Gasteiger partial charge in [0.15, 0.2) is 0 Å². The summed E-state index contributed by atoms with van der Waals surface area (Å²) in [4.78, 5) is 11.7. The van der Waals surface area contributed by atoms with Crippen LogP contribution in [0.2, 0.25) is 0 Å². The summed E-state index contributed by atoms with van der Waals surface area (Å²) in [5.74, 6) is 0.839. The maximum atomic E-state index is 11.7. The number of fused-ring (bicyclic) bond motifs is 1. The van der Waals surface area contributed by atoms with Crippen LogP contribution in [0, 0.1) is 5.41 Å². The molecular formula is C15H21NO3. The SMILES string of the molecule is CC(C)(C)C(=O)NC[C@H](O)c1ccc2c(c1)CCO2. The molecule has 0 saturated heterocycles. The summed E-state index contributed by atoms with van der Waals surface area (Å²) in [6.07, 6.45) is 0.196. The summed E-state index contributed by atoms with van der Waals surface area (Å²) in [6.45, 7) is 6.48. The van der Waals surface area contributed by atoms with E-state index in [1.165, 1.54) is 0 Å². The van der Waals surface area contributed by atoms with Gasteiger partial charge in [0.2, 0.25) is 5.91 Å². The largest absolute Gasteiger partial charge is 0.493 e. The van der Waals surface area contributed by atoms with E-state index in [0.29, 0.717) is 6.61 Å². The normalized spacial score (nSPS) is 15.6. The summed E-state index contributed by atoms with van der Waals surface area (Å²) in [5, 5.41) is 12.9. The molecule has 4 heteroatoms. The predicted molar refractivity (Wildman–Crippen MR) is 73.1 cm³/mol. The van der Waals surface area contributed by atoms with Gasteiger partial charge in [-0.1, -0.05) is 26.8 Å². The molecule has 1 amide bonds. The molecule has 0 unspecified atom stereocenters. The van der Waals surface area contributed by atoms with Crippen molar-refractivity contribution in [3.8, 4) is 5.75 Å². The van der Waals surface area contributed by atoms with E-state index < -0.39 is 11.5 Å². The first-order valence-corrected chi connectivity index (χ1v) is 6.60. The number of ether oxygens (including phenoxy) is 1. The first-order chi connectivity index (χ1) is 8.88. The van der Waals surface area contributed by atoms with Crippen molar-refractivity contribution in [3.05, 3.63) is 29.3 Å². The van der Waals surface area contributed by atoms with Crippen LogP contribution in [0.3, 0.4) is 0 Å². The van der Waals surface area contributed by atoms with E-state index in [1.807, 2.05) is 39.0 Å². The van der Waals surface area contributed by atoms with Gasteiger partial charge < -0.3 is 15.2 Å². The summed E-state index contributed by atoms with van der Waals surface area (Å²) in [5.41, 5.74) is 1.50. The lowest BCUT2D eigenvalue weighted by molar-refractivity contribution is -0.128. The molecule has 1 heterocycles. The molecule has 0 spiro atoms. The van der Waals surface area contributed by atoms with Gasteiger partial charge in [-0.25, -0.2) is 0 Å². The Kier molecular flexibility index (Phi) is 3.80. The maximum Gasteiger partial charge on any atom is 0.225 e. The minimum absolute atomic E-state index is 0.0592. The molecule has 2 rings (SSSR count). The molecular weight excluding hydrogens is 242 g/mol. The molecule has 2 N–H and O–H groups in total. The number of nitrogens with one attached hydrogen (secondary N) is 1. The zero-order valence-corrected chi connectivity index (χ0v) is 11.7. The molecule has 19 heavy (non-hydrogen) atoms. The number of aliphatic hydroxyl groups excluding tert-OH is 1. The van der Waals surface area contributed by atoms with E-state index in [4.69, 9.17) is 4.74 Å². The fourth-order valence-corrected chi connectivity index (χ4v) is 1.99. The molecule has 1 aliphatic heterocycles. The summed E-state index contributed by atoms with van der Waals surface area (Å²) in [6, 6.07) is 5.68. The molecule has 0 fully saturated rings. The molecule has 1 aromatic carbocycles. The van der Waals surface area contributed by atoms with Crippen LogP contribution < -0.4 is 10.1 Å². The van der Waals surface area contributed by atoms with Gasteiger partial charge in [0.25, 0.3) is 0 Å². The van der Waals surface area contributed by atoms with Crippen molar-refractivity contribution in [1.82, 2.24) is 5.32 Å². The van der Waals surface area contributed by atoms with Crippen LogP contribution in [0.5, 0.6) is 5.75 Å². The second-order valence-electron chi connectivity index (χ2n) is 5.94. The van der Waals surface area contributed by atoms with Crippen LogP contribution in [-0.4, -0.2) is 24.2 Å². The van der Waals surface area contributed by atoms with E-state index in [2.05, 4.69) is 5.32 Å². The molecule has 1 aliphatic rings. The second kappa shape index (κ2) is 5.21. The summed E-state index contributed by atoms with van der Waals surface area (Å²) in [7, 11) is 0. The number of rotatable bonds is 3. The van der Waals surface area contributed by atoms with Crippen LogP contribution in [0.15, 0.2) is 18.2 Å². The predicted octanol–water partition coefficient (Wildman–Crippen LogP) is 1.82. The smallest absolute Gasteiger partial charge is 0.225 e. The third-order valence-corrected chi connectivity index (χ3v) is 3.24. The minimum Gasteiger partial charge on any atom is -0.493 e.